The van der Waals surface area contributed by atoms with Crippen molar-refractivity contribution in [2.24, 2.45) is 11.3 Å². The standard InChI is InChI=1S/C28H19Cl2F6NO4/c1-25-22(23(38)37(24(25)39)19-11-17(29)10-18(30)12-19)28(25,15-2-6-20(7-3-15)40-26(33,34)13-31)16-4-8-21(9-5-16)41-27(35,36)14-32/h2-12,22H,13-14H2,1H3/t22-,25-/m1/s1. The zero-order chi connectivity index (χ0) is 30.0. The van der Waals surface area contributed by atoms with Crippen LogP contribution in [0.5, 0.6) is 11.5 Å². The molecule has 2 aliphatic rings. The lowest BCUT2D eigenvalue weighted by Crippen LogP contribution is -2.42. The molecule has 216 valence electrons. The summed E-state index contributed by atoms with van der Waals surface area (Å²) in [5.41, 5.74) is -1.96. The van der Waals surface area contributed by atoms with Crippen LogP contribution in [0.15, 0.2) is 66.7 Å². The normalized spacial score (nSPS) is 21.6. The number of nitrogens with zero attached hydrogens (tertiary/aromatic N) is 1. The third kappa shape index (κ3) is 4.59. The molecule has 2 fully saturated rings. The summed E-state index contributed by atoms with van der Waals surface area (Å²) in [5.74, 6) is -2.97. The van der Waals surface area contributed by atoms with Crippen LogP contribution >= 0.6 is 23.2 Å². The van der Waals surface area contributed by atoms with Gasteiger partial charge in [-0.2, -0.15) is 17.6 Å². The molecule has 1 aliphatic heterocycles. The molecule has 41 heavy (non-hydrogen) atoms. The van der Waals surface area contributed by atoms with Gasteiger partial charge in [0.2, 0.25) is 11.8 Å². The second-order valence-corrected chi connectivity index (χ2v) is 10.7. The van der Waals surface area contributed by atoms with Crippen LogP contribution in [0.4, 0.5) is 32.0 Å². The van der Waals surface area contributed by atoms with Gasteiger partial charge in [0.25, 0.3) is 0 Å². The number of anilines is 1. The maximum atomic E-state index is 13.9. The van der Waals surface area contributed by atoms with E-state index in [0.717, 1.165) is 29.2 Å². The van der Waals surface area contributed by atoms with E-state index in [1.807, 2.05) is 0 Å². The molecule has 1 aliphatic carbocycles. The maximum absolute atomic E-state index is 13.9. The second-order valence-electron chi connectivity index (χ2n) is 9.84. The minimum absolute atomic E-state index is 0.147. The zero-order valence-electron chi connectivity index (χ0n) is 20.9. The van der Waals surface area contributed by atoms with Gasteiger partial charge in [0.05, 0.1) is 17.0 Å². The van der Waals surface area contributed by atoms with Crippen molar-refractivity contribution in [3.8, 4) is 11.5 Å². The van der Waals surface area contributed by atoms with Gasteiger partial charge < -0.3 is 9.47 Å². The Morgan fingerprint density at radius 3 is 1.54 bits per heavy atom. The lowest BCUT2D eigenvalue weighted by atomic mass is 9.79. The molecule has 1 saturated heterocycles. The molecule has 1 saturated carbocycles. The molecular formula is C28H19Cl2F6NO4. The Labute approximate surface area is 239 Å². The highest BCUT2D eigenvalue weighted by Crippen LogP contribution is 2.76. The van der Waals surface area contributed by atoms with Crippen LogP contribution in [0.2, 0.25) is 10.0 Å². The summed E-state index contributed by atoms with van der Waals surface area (Å²) < 4.78 is 87.7. The van der Waals surface area contributed by atoms with Crippen molar-refractivity contribution in [2.75, 3.05) is 18.2 Å². The fourth-order valence-electron chi connectivity index (χ4n) is 5.79. The maximum Gasteiger partial charge on any atom is 0.427 e. The molecule has 13 heteroatoms. The predicted molar refractivity (Wildman–Crippen MR) is 137 cm³/mol. The van der Waals surface area contributed by atoms with Crippen LogP contribution in [0.25, 0.3) is 0 Å². The van der Waals surface area contributed by atoms with Crippen LogP contribution in [0.3, 0.4) is 0 Å². The van der Waals surface area contributed by atoms with Gasteiger partial charge in [-0.05, 0) is 60.5 Å². The van der Waals surface area contributed by atoms with E-state index in [1.165, 1.54) is 42.5 Å². The van der Waals surface area contributed by atoms with Gasteiger partial charge in [0, 0.05) is 15.5 Å². The van der Waals surface area contributed by atoms with Crippen molar-refractivity contribution in [1.82, 2.24) is 0 Å². The summed E-state index contributed by atoms with van der Waals surface area (Å²) in [7, 11) is 0. The van der Waals surface area contributed by atoms with Gasteiger partial charge in [-0.25, -0.2) is 13.7 Å². The fourth-order valence-corrected chi connectivity index (χ4v) is 6.30. The number of carbonyl (C=O) groups is 2. The second kappa shape index (κ2) is 9.84. The average Bonchev–Trinajstić information content (AvgIpc) is 3.42. The van der Waals surface area contributed by atoms with E-state index >= 15 is 0 Å². The minimum atomic E-state index is -4.07. The summed E-state index contributed by atoms with van der Waals surface area (Å²) in [6.07, 6.45) is -8.13. The van der Waals surface area contributed by atoms with Crippen LogP contribution in [-0.2, 0) is 15.0 Å². The van der Waals surface area contributed by atoms with Crippen molar-refractivity contribution in [3.63, 3.8) is 0 Å². The molecule has 0 unspecified atom stereocenters. The third-order valence-electron chi connectivity index (χ3n) is 7.43. The number of fused-ring (bicyclic) bond motifs is 1. The molecule has 5 rings (SSSR count). The zero-order valence-corrected chi connectivity index (χ0v) is 22.5. The van der Waals surface area contributed by atoms with E-state index in [1.54, 1.807) is 6.92 Å². The number of carbonyl (C=O) groups excluding carboxylic acids is 2. The topological polar surface area (TPSA) is 55.8 Å². The van der Waals surface area contributed by atoms with Gasteiger partial charge in [-0.1, -0.05) is 47.5 Å². The molecule has 2 atom stereocenters. The quantitative estimate of drug-likeness (QED) is 0.186. The lowest BCUT2D eigenvalue weighted by Gasteiger charge is -2.30. The Morgan fingerprint density at radius 2 is 1.20 bits per heavy atom. The number of piperidine rings is 1. The first kappa shape index (κ1) is 29.1. The van der Waals surface area contributed by atoms with Crippen molar-refractivity contribution >= 4 is 40.7 Å². The molecular weight excluding hydrogens is 599 g/mol. The largest absolute Gasteiger partial charge is 0.431 e. The lowest BCUT2D eigenvalue weighted by molar-refractivity contribution is -0.187. The molecule has 0 spiro atoms. The Balaban J connectivity index is 1.59. The molecule has 3 aromatic rings. The molecule has 0 aromatic heterocycles. The number of ether oxygens (including phenoxy) is 2. The van der Waals surface area contributed by atoms with Crippen molar-refractivity contribution in [1.29, 1.82) is 0 Å². The van der Waals surface area contributed by atoms with E-state index < -0.39 is 54.1 Å². The predicted octanol–water partition coefficient (Wildman–Crippen LogP) is 7.37. The van der Waals surface area contributed by atoms with Gasteiger partial charge >= 0.3 is 12.2 Å². The number of rotatable bonds is 9. The van der Waals surface area contributed by atoms with Crippen molar-refractivity contribution in [3.05, 3.63) is 87.9 Å². The number of imide groups is 1. The van der Waals surface area contributed by atoms with E-state index in [4.69, 9.17) is 23.2 Å². The summed E-state index contributed by atoms with van der Waals surface area (Å²) in [5, 5.41) is 0.373. The van der Waals surface area contributed by atoms with Gasteiger partial charge in [0.15, 0.2) is 13.3 Å². The smallest absolute Gasteiger partial charge is 0.427 e. The van der Waals surface area contributed by atoms with E-state index in [-0.39, 0.29) is 27.2 Å². The van der Waals surface area contributed by atoms with E-state index in [0.29, 0.717) is 11.1 Å². The Kier molecular flexibility index (Phi) is 6.97. The molecule has 0 bridgehead atoms. The first-order valence-corrected chi connectivity index (χ1v) is 12.8. The SMILES string of the molecule is C[C@]12C(=O)N(c3cc(Cl)cc(Cl)c3)C(=O)[C@H]1C2(c1ccc(OC(F)(F)CF)cc1)c1ccc(OC(F)(F)CF)cc1. The van der Waals surface area contributed by atoms with Crippen LogP contribution in [0.1, 0.15) is 18.1 Å². The van der Waals surface area contributed by atoms with Crippen molar-refractivity contribution < 1.29 is 45.4 Å². The number of benzene rings is 3. The molecule has 0 radical (unpaired) electrons. The first-order chi connectivity index (χ1) is 19.2. The highest BCUT2D eigenvalue weighted by atomic mass is 35.5. The van der Waals surface area contributed by atoms with Crippen LogP contribution < -0.4 is 14.4 Å². The number of alkyl halides is 6. The highest BCUT2D eigenvalue weighted by molar-refractivity contribution is 6.36. The number of hydrogen-bond donors (Lipinski definition) is 0. The minimum Gasteiger partial charge on any atom is -0.431 e. The number of amides is 2. The van der Waals surface area contributed by atoms with E-state index in [2.05, 4.69) is 9.47 Å². The molecule has 1 heterocycles. The average molecular weight is 618 g/mol. The van der Waals surface area contributed by atoms with Crippen molar-refractivity contribution in [2.45, 2.75) is 24.6 Å². The monoisotopic (exact) mass is 617 g/mol. The van der Waals surface area contributed by atoms with Gasteiger partial charge in [-0.3, -0.25) is 9.59 Å². The molecule has 0 N–H and O–H groups in total. The number of halogens is 8. The summed E-state index contributed by atoms with van der Waals surface area (Å²) in [4.78, 5) is 28.7. The van der Waals surface area contributed by atoms with Gasteiger partial charge in [0.1, 0.15) is 11.5 Å². The first-order valence-electron chi connectivity index (χ1n) is 12.0. The summed E-state index contributed by atoms with van der Waals surface area (Å²) >= 11 is 12.2. The Hall–Kier alpha value is -3.44. The van der Waals surface area contributed by atoms with Crippen LogP contribution in [-0.4, -0.2) is 37.4 Å². The van der Waals surface area contributed by atoms with E-state index in [9.17, 15) is 35.9 Å². The number of hydrogen-bond acceptors (Lipinski definition) is 4. The summed E-state index contributed by atoms with van der Waals surface area (Å²) in [6, 6.07) is 14.2. The Bertz CT molecular complexity index is 1440. The molecule has 5 nitrogen and oxygen atoms in total. The molecule has 3 aromatic carbocycles. The summed E-state index contributed by atoms with van der Waals surface area (Å²) in [6.45, 7) is -2.56. The van der Waals surface area contributed by atoms with Crippen LogP contribution in [0, 0.1) is 11.3 Å². The fraction of sp³-hybridized carbons (Fsp3) is 0.286. The third-order valence-corrected chi connectivity index (χ3v) is 7.87. The highest BCUT2D eigenvalue weighted by Gasteiger charge is 2.86. The van der Waals surface area contributed by atoms with Gasteiger partial charge in [-0.15, -0.1) is 0 Å². The Morgan fingerprint density at radius 1 is 0.780 bits per heavy atom. The molecule has 2 amide bonds.